The molecule has 0 radical (unpaired) electrons. The van der Waals surface area contributed by atoms with Gasteiger partial charge in [0.25, 0.3) is 5.69 Å². The van der Waals surface area contributed by atoms with Crippen LogP contribution in [0.15, 0.2) is 58.9 Å². The second-order valence-electron chi connectivity index (χ2n) is 8.19. The fourth-order valence-electron chi connectivity index (χ4n) is 4.39. The molecule has 1 N–H and O–H groups in total. The Morgan fingerprint density at radius 2 is 1.91 bits per heavy atom. The number of nitrogens with one attached hydrogen (secondary N) is 1. The fourth-order valence-corrected chi connectivity index (χ4v) is 5.18. The first-order valence-electron chi connectivity index (χ1n) is 11.1. The first kappa shape index (κ1) is 22.9. The number of hydrogen-bond donors (Lipinski definition) is 1. The maximum absolute atomic E-state index is 13.0. The van der Waals surface area contributed by atoms with E-state index in [9.17, 15) is 14.9 Å². The summed E-state index contributed by atoms with van der Waals surface area (Å²) in [5.74, 6) is 2.40. The molecule has 0 bridgehead atoms. The monoisotopic (exact) mass is 493 g/mol. The van der Waals surface area contributed by atoms with Gasteiger partial charge in [0.15, 0.2) is 17.3 Å². The molecule has 1 aromatic heterocycles. The van der Waals surface area contributed by atoms with Crippen molar-refractivity contribution in [1.29, 1.82) is 0 Å². The lowest BCUT2D eigenvalue weighted by molar-refractivity contribution is -0.384. The molecule has 0 fully saturated rings. The third kappa shape index (κ3) is 4.34. The maximum atomic E-state index is 13.0. The molecule has 1 atom stereocenters. The minimum Gasteiger partial charge on any atom is -0.493 e. The molecule has 2 aliphatic rings. The molecule has 2 heterocycles. The Hall–Kier alpha value is -3.86. The van der Waals surface area contributed by atoms with Crippen LogP contribution in [0.1, 0.15) is 36.4 Å². The Labute approximate surface area is 205 Å². The van der Waals surface area contributed by atoms with Crippen molar-refractivity contribution >= 4 is 29.2 Å². The average molecular weight is 494 g/mol. The third-order valence-corrected chi connectivity index (χ3v) is 7.00. The van der Waals surface area contributed by atoms with Crippen LogP contribution in [0.5, 0.6) is 11.5 Å². The van der Waals surface area contributed by atoms with Crippen LogP contribution < -0.4 is 14.8 Å². The van der Waals surface area contributed by atoms with Gasteiger partial charge in [-0.1, -0.05) is 30.0 Å². The Bertz CT molecular complexity index is 1330. The van der Waals surface area contributed by atoms with E-state index in [0.29, 0.717) is 40.4 Å². The van der Waals surface area contributed by atoms with E-state index < -0.39 is 11.0 Å². The van der Waals surface area contributed by atoms with Gasteiger partial charge < -0.3 is 14.8 Å². The van der Waals surface area contributed by atoms with Crippen LogP contribution >= 0.6 is 11.8 Å². The summed E-state index contributed by atoms with van der Waals surface area (Å²) in [6, 6.07) is 11.6. The van der Waals surface area contributed by atoms with Gasteiger partial charge in [0.2, 0.25) is 11.1 Å². The number of nitro benzene ring substituents is 1. The summed E-state index contributed by atoms with van der Waals surface area (Å²) in [5, 5.41) is 19.5. The molecule has 10 nitrogen and oxygen atoms in total. The maximum Gasteiger partial charge on any atom is 0.269 e. The summed E-state index contributed by atoms with van der Waals surface area (Å²) in [4.78, 5) is 28.2. The van der Waals surface area contributed by atoms with Gasteiger partial charge in [-0.05, 0) is 36.1 Å². The van der Waals surface area contributed by atoms with Crippen molar-refractivity contribution in [3.05, 3.63) is 75.0 Å². The van der Waals surface area contributed by atoms with Crippen LogP contribution in [0.2, 0.25) is 0 Å². The van der Waals surface area contributed by atoms with Crippen LogP contribution in [-0.4, -0.2) is 39.7 Å². The fraction of sp³-hybridized carbons (Fsp3) is 0.292. The van der Waals surface area contributed by atoms with E-state index in [2.05, 4.69) is 10.3 Å². The Kier molecular flexibility index (Phi) is 6.16. The Morgan fingerprint density at radius 1 is 1.14 bits per heavy atom. The molecule has 0 spiro atoms. The number of carbonyl (C=O) groups is 1. The normalized spacial score (nSPS) is 16.9. The average Bonchev–Trinajstić information content (AvgIpc) is 3.28. The van der Waals surface area contributed by atoms with Gasteiger partial charge in [-0.15, -0.1) is 5.10 Å². The number of hydrogen-bond acceptors (Lipinski definition) is 9. The van der Waals surface area contributed by atoms with Crippen molar-refractivity contribution in [2.45, 2.75) is 36.2 Å². The number of methoxy groups -OCH3 is 2. The number of nitrogens with zero attached hydrogens (tertiary/aromatic N) is 4. The largest absolute Gasteiger partial charge is 0.493 e. The summed E-state index contributed by atoms with van der Waals surface area (Å²) < 4.78 is 12.6. The summed E-state index contributed by atoms with van der Waals surface area (Å²) in [7, 11) is 3.16. The molecule has 0 saturated carbocycles. The van der Waals surface area contributed by atoms with E-state index in [-0.39, 0.29) is 11.5 Å². The standard InChI is InChI=1S/C24H23N5O5S/c1-33-19-11-8-15(12-20(19)34-2)22-21-17(4-3-5-18(21)30)25-23-26-24(27-28(22)23)35-13-14-6-9-16(10-7-14)29(31)32/h6-12,22H,3-5,13H2,1-2H3,(H,25,26,27)/t22-/m1/s1. The van der Waals surface area contributed by atoms with Crippen LogP contribution in [0.25, 0.3) is 0 Å². The first-order chi connectivity index (χ1) is 17.0. The molecular formula is C24H23N5O5S. The van der Waals surface area contributed by atoms with Crippen molar-refractivity contribution in [2.75, 3.05) is 19.5 Å². The molecule has 5 rings (SSSR count). The van der Waals surface area contributed by atoms with E-state index in [1.807, 2.05) is 18.2 Å². The highest BCUT2D eigenvalue weighted by atomic mass is 32.2. The number of carbonyl (C=O) groups excluding carboxylic acids is 1. The van der Waals surface area contributed by atoms with Gasteiger partial charge in [0.05, 0.1) is 19.1 Å². The minimum absolute atomic E-state index is 0.0533. The molecule has 35 heavy (non-hydrogen) atoms. The van der Waals surface area contributed by atoms with Crippen LogP contribution in [-0.2, 0) is 10.5 Å². The summed E-state index contributed by atoms with van der Waals surface area (Å²) >= 11 is 1.43. The minimum atomic E-state index is -0.435. The lowest BCUT2D eigenvalue weighted by Crippen LogP contribution is -2.31. The van der Waals surface area contributed by atoms with E-state index in [1.165, 1.54) is 23.9 Å². The number of thioether (sulfide) groups is 1. The summed E-state index contributed by atoms with van der Waals surface area (Å²) in [6.07, 6.45) is 2.05. The summed E-state index contributed by atoms with van der Waals surface area (Å²) in [5.41, 5.74) is 3.41. The van der Waals surface area contributed by atoms with Crippen LogP contribution in [0, 0.1) is 10.1 Å². The molecule has 0 saturated heterocycles. The van der Waals surface area contributed by atoms with Crippen molar-refractivity contribution < 1.29 is 19.2 Å². The number of non-ortho nitro benzene ring substituents is 1. The molecule has 0 amide bonds. The summed E-state index contributed by atoms with van der Waals surface area (Å²) in [6.45, 7) is 0. The molecule has 180 valence electrons. The zero-order valence-electron chi connectivity index (χ0n) is 19.2. The molecule has 0 unspecified atom stereocenters. The topological polar surface area (TPSA) is 121 Å². The molecule has 1 aliphatic heterocycles. The lowest BCUT2D eigenvalue weighted by Gasteiger charge is -2.32. The van der Waals surface area contributed by atoms with Crippen molar-refractivity contribution in [3.8, 4) is 11.5 Å². The molecule has 1 aliphatic carbocycles. The number of benzene rings is 2. The highest BCUT2D eigenvalue weighted by Crippen LogP contribution is 2.42. The van der Waals surface area contributed by atoms with Gasteiger partial charge in [-0.25, -0.2) is 4.68 Å². The number of rotatable bonds is 7. The Morgan fingerprint density at radius 3 is 2.63 bits per heavy atom. The smallest absolute Gasteiger partial charge is 0.269 e. The van der Waals surface area contributed by atoms with E-state index >= 15 is 0 Å². The molecule has 11 heteroatoms. The third-order valence-electron chi connectivity index (χ3n) is 6.09. The number of nitro groups is 1. The number of Topliss-reactive ketones (excluding diaryl/α,β-unsaturated/α-hetero) is 1. The van der Waals surface area contributed by atoms with Gasteiger partial charge >= 0.3 is 0 Å². The number of anilines is 1. The zero-order valence-corrected chi connectivity index (χ0v) is 20.0. The SMILES string of the molecule is COc1ccc([C@@H]2C3=C(CCCC3=O)Nc3nc(SCc4ccc([N+](=O)[O-])cc4)nn32)cc1OC. The number of fused-ring (bicyclic) bond motifs is 1. The molecule has 2 aromatic carbocycles. The van der Waals surface area contributed by atoms with Crippen LogP contribution in [0.4, 0.5) is 11.6 Å². The highest BCUT2D eigenvalue weighted by Gasteiger charge is 2.37. The van der Waals surface area contributed by atoms with E-state index in [1.54, 1.807) is 31.0 Å². The first-order valence-corrected chi connectivity index (χ1v) is 12.0. The van der Waals surface area contributed by atoms with Crippen molar-refractivity contribution in [2.24, 2.45) is 0 Å². The zero-order chi connectivity index (χ0) is 24.5. The number of ketones is 1. The predicted octanol–water partition coefficient (Wildman–Crippen LogP) is 4.52. The predicted molar refractivity (Wildman–Crippen MR) is 130 cm³/mol. The molecule has 3 aromatic rings. The van der Waals surface area contributed by atoms with Crippen molar-refractivity contribution in [3.63, 3.8) is 0 Å². The highest BCUT2D eigenvalue weighted by molar-refractivity contribution is 7.98. The van der Waals surface area contributed by atoms with Gasteiger partial charge in [0.1, 0.15) is 6.04 Å². The van der Waals surface area contributed by atoms with E-state index in [0.717, 1.165) is 29.7 Å². The number of allylic oxidation sites excluding steroid dienone is 2. The number of aromatic nitrogens is 3. The molecular weight excluding hydrogens is 470 g/mol. The Balaban J connectivity index is 1.48. The van der Waals surface area contributed by atoms with Gasteiger partial charge in [0, 0.05) is 35.6 Å². The second kappa shape index (κ2) is 9.41. The quantitative estimate of drug-likeness (QED) is 0.288. The van der Waals surface area contributed by atoms with E-state index in [4.69, 9.17) is 14.6 Å². The second-order valence-corrected chi connectivity index (χ2v) is 9.13. The van der Waals surface area contributed by atoms with Gasteiger partial charge in [-0.3, -0.25) is 14.9 Å². The lowest BCUT2D eigenvalue weighted by atomic mass is 9.85. The van der Waals surface area contributed by atoms with Gasteiger partial charge in [-0.2, -0.15) is 4.98 Å². The van der Waals surface area contributed by atoms with Crippen LogP contribution in [0.3, 0.4) is 0 Å². The number of ether oxygens (including phenoxy) is 2. The van der Waals surface area contributed by atoms with Crippen molar-refractivity contribution in [1.82, 2.24) is 14.8 Å².